The van der Waals surface area contributed by atoms with Gasteiger partial charge in [-0.2, -0.15) is 0 Å². The topological polar surface area (TPSA) is 43.4 Å². The van der Waals surface area contributed by atoms with Gasteiger partial charge in [-0.25, -0.2) is 0 Å². The number of ether oxygens (including phenoxy) is 1. The lowest BCUT2D eigenvalue weighted by molar-refractivity contribution is -0.130. The van der Waals surface area contributed by atoms with Crippen LogP contribution < -0.4 is 0 Å². The van der Waals surface area contributed by atoms with Crippen LogP contribution in [-0.4, -0.2) is 17.7 Å². The van der Waals surface area contributed by atoms with E-state index in [0.717, 1.165) is 12.8 Å². The van der Waals surface area contributed by atoms with E-state index in [2.05, 4.69) is 0 Å². The summed E-state index contributed by atoms with van der Waals surface area (Å²) in [7, 11) is 0. The summed E-state index contributed by atoms with van der Waals surface area (Å²) in [6.45, 7) is 1.81. The van der Waals surface area contributed by atoms with Crippen molar-refractivity contribution in [3.8, 4) is 0 Å². The molecule has 0 bridgehead atoms. The normalized spacial score (nSPS) is 20.2. The summed E-state index contributed by atoms with van der Waals surface area (Å²) in [6.07, 6.45) is 6.00. The fourth-order valence-electron chi connectivity index (χ4n) is 1.37. The van der Waals surface area contributed by atoms with E-state index >= 15 is 0 Å². The van der Waals surface area contributed by atoms with E-state index in [1.54, 1.807) is 6.26 Å². The molecule has 1 unspecified atom stereocenters. The van der Waals surface area contributed by atoms with Crippen molar-refractivity contribution < 1.29 is 14.3 Å². The van der Waals surface area contributed by atoms with Crippen LogP contribution in [0.1, 0.15) is 39.0 Å². The lowest BCUT2D eigenvalue weighted by Crippen LogP contribution is -2.24. The van der Waals surface area contributed by atoms with Crippen LogP contribution in [0.2, 0.25) is 0 Å². The molecule has 3 heteroatoms. The van der Waals surface area contributed by atoms with Crippen LogP contribution in [-0.2, 0) is 14.3 Å². The number of allylic oxidation sites excluding steroid dienone is 1. The monoisotopic (exact) mass is 196 g/mol. The summed E-state index contributed by atoms with van der Waals surface area (Å²) >= 11 is 0. The standard InChI is InChI=1S/C11H16O3/c1-2-9(12)6-7-10(13)11-5-3-4-8-14-11/h4,8,11H,2-3,5-7H2,1H3. The van der Waals surface area contributed by atoms with Crippen molar-refractivity contribution in [3.05, 3.63) is 12.3 Å². The van der Waals surface area contributed by atoms with Crippen LogP contribution in [0.5, 0.6) is 0 Å². The Labute approximate surface area is 84.1 Å². The minimum atomic E-state index is -0.315. The molecule has 0 saturated heterocycles. The maximum atomic E-state index is 11.5. The maximum absolute atomic E-state index is 11.5. The molecule has 78 valence electrons. The van der Waals surface area contributed by atoms with Crippen LogP contribution in [0, 0.1) is 0 Å². The molecule has 1 atom stereocenters. The molecule has 0 spiro atoms. The number of carbonyl (C=O) groups is 2. The zero-order valence-corrected chi connectivity index (χ0v) is 8.49. The van der Waals surface area contributed by atoms with E-state index in [0.29, 0.717) is 19.3 Å². The Morgan fingerprint density at radius 3 is 2.79 bits per heavy atom. The first-order chi connectivity index (χ1) is 6.74. The molecule has 0 aromatic heterocycles. The van der Waals surface area contributed by atoms with Crippen LogP contribution >= 0.6 is 0 Å². The number of rotatable bonds is 5. The van der Waals surface area contributed by atoms with Gasteiger partial charge in [-0.3, -0.25) is 9.59 Å². The predicted molar refractivity (Wildman–Crippen MR) is 52.8 cm³/mol. The van der Waals surface area contributed by atoms with Crippen molar-refractivity contribution in [1.29, 1.82) is 0 Å². The van der Waals surface area contributed by atoms with Gasteiger partial charge < -0.3 is 4.74 Å². The lowest BCUT2D eigenvalue weighted by Gasteiger charge is -2.17. The Hall–Kier alpha value is -1.12. The van der Waals surface area contributed by atoms with Crippen molar-refractivity contribution in [3.63, 3.8) is 0 Å². The summed E-state index contributed by atoms with van der Waals surface area (Å²) in [5, 5.41) is 0. The highest BCUT2D eigenvalue weighted by atomic mass is 16.5. The highest BCUT2D eigenvalue weighted by molar-refractivity contribution is 5.88. The van der Waals surface area contributed by atoms with Gasteiger partial charge in [-0.05, 0) is 18.9 Å². The quantitative estimate of drug-likeness (QED) is 0.675. The molecule has 0 fully saturated rings. The predicted octanol–water partition coefficient (Wildman–Crippen LogP) is 2.01. The van der Waals surface area contributed by atoms with Gasteiger partial charge in [-0.15, -0.1) is 0 Å². The van der Waals surface area contributed by atoms with Gasteiger partial charge in [0, 0.05) is 19.3 Å². The number of carbonyl (C=O) groups excluding carboxylic acids is 2. The van der Waals surface area contributed by atoms with E-state index in [1.165, 1.54) is 0 Å². The molecule has 1 rings (SSSR count). The molecule has 0 radical (unpaired) electrons. The largest absolute Gasteiger partial charge is 0.491 e. The van der Waals surface area contributed by atoms with Gasteiger partial charge >= 0.3 is 0 Å². The maximum Gasteiger partial charge on any atom is 0.173 e. The second kappa shape index (κ2) is 5.58. The van der Waals surface area contributed by atoms with E-state index < -0.39 is 0 Å². The van der Waals surface area contributed by atoms with E-state index in [4.69, 9.17) is 4.74 Å². The Kier molecular flexibility index (Phi) is 4.36. The Balaban J connectivity index is 2.27. The van der Waals surface area contributed by atoms with E-state index in [9.17, 15) is 9.59 Å². The molecule has 0 aromatic rings. The molecule has 1 aliphatic heterocycles. The van der Waals surface area contributed by atoms with Crippen LogP contribution in [0.3, 0.4) is 0 Å². The SMILES string of the molecule is CCC(=O)CCC(=O)C1CCC=CO1. The second-order valence-electron chi connectivity index (χ2n) is 3.43. The molecule has 0 aromatic carbocycles. The van der Waals surface area contributed by atoms with Gasteiger partial charge in [0.2, 0.25) is 0 Å². The molecule has 0 amide bonds. The van der Waals surface area contributed by atoms with Gasteiger partial charge in [0.25, 0.3) is 0 Å². The van der Waals surface area contributed by atoms with E-state index in [1.807, 2.05) is 13.0 Å². The summed E-state index contributed by atoms with van der Waals surface area (Å²) < 4.78 is 5.16. The Morgan fingerprint density at radius 2 is 2.21 bits per heavy atom. The summed E-state index contributed by atoms with van der Waals surface area (Å²) in [5.74, 6) is 0.195. The minimum absolute atomic E-state index is 0.0520. The fourth-order valence-corrected chi connectivity index (χ4v) is 1.37. The third kappa shape index (κ3) is 3.32. The molecule has 1 aliphatic rings. The third-order valence-corrected chi connectivity index (χ3v) is 2.34. The highest BCUT2D eigenvalue weighted by Crippen LogP contribution is 2.13. The lowest BCUT2D eigenvalue weighted by atomic mass is 10.0. The van der Waals surface area contributed by atoms with Crippen LogP contribution in [0.15, 0.2) is 12.3 Å². The van der Waals surface area contributed by atoms with Crippen molar-refractivity contribution in [1.82, 2.24) is 0 Å². The second-order valence-corrected chi connectivity index (χ2v) is 3.43. The van der Waals surface area contributed by atoms with Crippen molar-refractivity contribution in [2.24, 2.45) is 0 Å². The number of hydrogen-bond donors (Lipinski definition) is 0. The zero-order valence-electron chi connectivity index (χ0n) is 8.49. The van der Waals surface area contributed by atoms with Crippen molar-refractivity contribution in [2.75, 3.05) is 0 Å². The number of ketones is 2. The summed E-state index contributed by atoms with van der Waals surface area (Å²) in [4.78, 5) is 22.5. The Morgan fingerprint density at radius 1 is 1.43 bits per heavy atom. The molecule has 3 nitrogen and oxygen atoms in total. The minimum Gasteiger partial charge on any atom is -0.491 e. The first kappa shape index (κ1) is 11.0. The van der Waals surface area contributed by atoms with Gasteiger partial charge in [0.05, 0.1) is 6.26 Å². The summed E-state index contributed by atoms with van der Waals surface area (Å²) in [6, 6.07) is 0. The zero-order chi connectivity index (χ0) is 10.4. The summed E-state index contributed by atoms with van der Waals surface area (Å²) in [5.41, 5.74) is 0. The molecule has 1 heterocycles. The molecule has 0 saturated carbocycles. The van der Waals surface area contributed by atoms with Gasteiger partial charge in [0.1, 0.15) is 5.78 Å². The first-order valence-corrected chi connectivity index (χ1v) is 5.09. The average molecular weight is 196 g/mol. The smallest absolute Gasteiger partial charge is 0.173 e. The van der Waals surface area contributed by atoms with Gasteiger partial charge in [0.15, 0.2) is 11.9 Å². The van der Waals surface area contributed by atoms with Gasteiger partial charge in [-0.1, -0.05) is 6.92 Å². The van der Waals surface area contributed by atoms with Crippen LogP contribution in [0.4, 0.5) is 0 Å². The fraction of sp³-hybridized carbons (Fsp3) is 0.636. The Bertz CT molecular complexity index is 243. The van der Waals surface area contributed by atoms with Crippen LogP contribution in [0.25, 0.3) is 0 Å². The molecular weight excluding hydrogens is 180 g/mol. The number of hydrogen-bond acceptors (Lipinski definition) is 3. The van der Waals surface area contributed by atoms with Crippen molar-refractivity contribution >= 4 is 11.6 Å². The molecular formula is C11H16O3. The first-order valence-electron chi connectivity index (χ1n) is 5.09. The molecule has 14 heavy (non-hydrogen) atoms. The number of Topliss-reactive ketones (excluding diaryl/α,β-unsaturated/α-hetero) is 2. The molecule has 0 aliphatic carbocycles. The third-order valence-electron chi connectivity index (χ3n) is 2.34. The average Bonchev–Trinajstić information content (AvgIpc) is 2.26. The highest BCUT2D eigenvalue weighted by Gasteiger charge is 2.20. The van der Waals surface area contributed by atoms with E-state index in [-0.39, 0.29) is 17.7 Å². The van der Waals surface area contributed by atoms with Crippen molar-refractivity contribution in [2.45, 2.75) is 45.1 Å². The molecule has 0 N–H and O–H groups in total.